The van der Waals surface area contributed by atoms with Crippen LogP contribution in [-0.2, 0) is 36.8 Å². The first-order valence-corrected chi connectivity index (χ1v) is 16.3. The van der Waals surface area contributed by atoms with Crippen molar-refractivity contribution in [3.8, 4) is 0 Å². The van der Waals surface area contributed by atoms with E-state index in [1.807, 2.05) is 86.6 Å². The highest BCUT2D eigenvalue weighted by Gasteiger charge is 2.30. The zero-order valence-corrected chi connectivity index (χ0v) is 26.5. The summed E-state index contributed by atoms with van der Waals surface area (Å²) in [5, 5.41) is 7.90. The number of amides is 2. The molecule has 0 radical (unpaired) electrons. The maximum absolute atomic E-state index is 14.0. The lowest BCUT2D eigenvalue weighted by atomic mass is 9.84. The monoisotopic (exact) mass is 610 g/mol. The van der Waals surface area contributed by atoms with Crippen LogP contribution >= 0.6 is 0 Å². The Morgan fingerprint density at radius 2 is 1.64 bits per heavy atom. The van der Waals surface area contributed by atoms with E-state index in [0.29, 0.717) is 32.1 Å². The Hall–Kier alpha value is -4.13. The van der Waals surface area contributed by atoms with Crippen molar-refractivity contribution < 1.29 is 24.0 Å². The van der Waals surface area contributed by atoms with Crippen molar-refractivity contribution in [2.75, 3.05) is 0 Å². The predicted molar refractivity (Wildman–Crippen MR) is 176 cm³/mol. The van der Waals surface area contributed by atoms with Crippen molar-refractivity contribution in [3.63, 3.8) is 0 Å². The number of hydrogen-bond donors (Lipinski definition) is 2. The number of fused-ring (bicyclic) bond motifs is 1. The van der Waals surface area contributed by atoms with Gasteiger partial charge in [-0.3, -0.25) is 19.2 Å². The average Bonchev–Trinajstić information content (AvgIpc) is 3.03. The van der Waals surface area contributed by atoms with Gasteiger partial charge in [0.2, 0.25) is 11.8 Å². The molecule has 1 fully saturated rings. The molecule has 238 valence electrons. The van der Waals surface area contributed by atoms with E-state index >= 15 is 0 Å². The fraction of sp³-hybridized carbons (Fsp3) is 0.447. The molecular formula is C38H46N2O5. The lowest BCUT2D eigenvalue weighted by Crippen LogP contribution is -2.46. The van der Waals surface area contributed by atoms with Crippen LogP contribution in [0.2, 0.25) is 0 Å². The van der Waals surface area contributed by atoms with Crippen molar-refractivity contribution in [1.82, 2.24) is 10.6 Å². The number of rotatable bonds is 16. The maximum atomic E-state index is 14.0. The average molecular weight is 611 g/mol. The normalized spacial score (nSPS) is 17.0. The number of ketones is 2. The van der Waals surface area contributed by atoms with Crippen molar-refractivity contribution in [2.24, 2.45) is 17.8 Å². The van der Waals surface area contributed by atoms with Crippen LogP contribution in [0.4, 0.5) is 0 Å². The van der Waals surface area contributed by atoms with E-state index in [1.165, 1.54) is 0 Å². The summed E-state index contributed by atoms with van der Waals surface area (Å²) in [5.74, 6) is -1.16. The molecule has 1 aliphatic rings. The SMILES string of the molecule is CC(C)C[C@H](CC(=O)[C@H](Cc1cccc2ccccc12)NC(=O)Cc1ccccc1)C(=O)N[C@H](C=O)CC[C@H]1CCCCC1=O. The molecule has 0 unspecified atom stereocenters. The van der Waals surface area contributed by atoms with Crippen LogP contribution in [0.15, 0.2) is 72.8 Å². The van der Waals surface area contributed by atoms with Crippen molar-refractivity contribution in [3.05, 3.63) is 83.9 Å². The molecule has 7 nitrogen and oxygen atoms in total. The molecule has 2 N–H and O–H groups in total. The van der Waals surface area contributed by atoms with E-state index < -0.39 is 18.0 Å². The van der Waals surface area contributed by atoms with Gasteiger partial charge in [-0.05, 0) is 59.9 Å². The van der Waals surface area contributed by atoms with E-state index in [0.717, 1.165) is 47.4 Å². The number of hydrogen-bond acceptors (Lipinski definition) is 5. The highest BCUT2D eigenvalue weighted by atomic mass is 16.2. The van der Waals surface area contributed by atoms with Gasteiger partial charge in [-0.1, -0.05) is 93.1 Å². The van der Waals surface area contributed by atoms with Crippen molar-refractivity contribution in [1.29, 1.82) is 0 Å². The molecule has 3 aromatic rings. The van der Waals surface area contributed by atoms with Crippen LogP contribution in [0.3, 0.4) is 0 Å². The molecule has 0 aliphatic heterocycles. The van der Waals surface area contributed by atoms with E-state index in [9.17, 15) is 24.0 Å². The number of nitrogens with one attached hydrogen (secondary N) is 2. The fourth-order valence-electron chi connectivity index (χ4n) is 6.42. The van der Waals surface area contributed by atoms with Crippen LogP contribution in [0, 0.1) is 17.8 Å². The topological polar surface area (TPSA) is 109 Å². The Kier molecular flexibility index (Phi) is 12.6. The Morgan fingerprint density at radius 1 is 0.911 bits per heavy atom. The molecule has 3 aromatic carbocycles. The molecule has 45 heavy (non-hydrogen) atoms. The molecule has 0 heterocycles. The molecule has 4 rings (SSSR count). The third-order valence-corrected chi connectivity index (χ3v) is 8.81. The molecule has 1 aliphatic carbocycles. The first-order chi connectivity index (χ1) is 21.7. The summed E-state index contributed by atoms with van der Waals surface area (Å²) in [4.78, 5) is 64.9. The number of benzene rings is 3. The second-order valence-electron chi connectivity index (χ2n) is 12.9. The summed E-state index contributed by atoms with van der Waals surface area (Å²) in [7, 11) is 0. The minimum atomic E-state index is -0.825. The second-order valence-corrected chi connectivity index (χ2v) is 12.9. The van der Waals surface area contributed by atoms with Crippen molar-refractivity contribution >= 4 is 40.4 Å². The smallest absolute Gasteiger partial charge is 0.225 e. The standard InChI is InChI=1S/C38H46N2O5/c1-26(2)21-31(38(45)39-32(25-41)20-19-29-14-7-9-18-35(29)42)24-36(43)34(40-37(44)22-27-11-4-3-5-12-27)23-30-16-10-15-28-13-6-8-17-33(28)30/h3-6,8,10-13,15-17,25-26,29,31-32,34H,7,9,14,18-24H2,1-2H3,(H,39,45)(H,40,44)/t29-,31-,32+,34+/m1/s1. The van der Waals surface area contributed by atoms with Gasteiger partial charge in [-0.25, -0.2) is 0 Å². The van der Waals surface area contributed by atoms with Crippen LogP contribution in [-0.4, -0.2) is 41.8 Å². The largest absolute Gasteiger partial charge is 0.346 e. The molecule has 0 aromatic heterocycles. The minimum Gasteiger partial charge on any atom is -0.346 e. The first kappa shape index (κ1) is 33.8. The zero-order chi connectivity index (χ0) is 32.2. The molecular weight excluding hydrogens is 564 g/mol. The molecule has 0 spiro atoms. The third kappa shape index (κ3) is 10.2. The molecule has 7 heteroatoms. The lowest BCUT2D eigenvalue weighted by molar-refractivity contribution is -0.133. The predicted octanol–water partition coefficient (Wildman–Crippen LogP) is 5.95. The molecule has 1 saturated carbocycles. The first-order valence-electron chi connectivity index (χ1n) is 16.3. The van der Waals surface area contributed by atoms with E-state index in [-0.39, 0.29) is 48.1 Å². The van der Waals surface area contributed by atoms with Crippen LogP contribution < -0.4 is 10.6 Å². The fourth-order valence-corrected chi connectivity index (χ4v) is 6.42. The van der Waals surface area contributed by atoms with Gasteiger partial charge >= 0.3 is 0 Å². The number of aldehydes is 1. The Labute approximate surface area is 266 Å². The summed E-state index contributed by atoms with van der Waals surface area (Å²) >= 11 is 0. The molecule has 0 saturated heterocycles. The zero-order valence-electron chi connectivity index (χ0n) is 26.5. The molecule has 4 atom stereocenters. The van der Waals surface area contributed by atoms with Crippen molar-refractivity contribution in [2.45, 2.75) is 90.1 Å². The molecule has 2 amide bonds. The summed E-state index contributed by atoms with van der Waals surface area (Å²) in [6.07, 6.45) is 5.87. The Morgan fingerprint density at radius 3 is 2.38 bits per heavy atom. The molecule has 0 bridgehead atoms. The van der Waals surface area contributed by atoms with Gasteiger partial charge in [0.1, 0.15) is 12.1 Å². The number of carbonyl (C=O) groups is 5. The third-order valence-electron chi connectivity index (χ3n) is 8.81. The van der Waals surface area contributed by atoms with Gasteiger partial charge in [-0.2, -0.15) is 0 Å². The quantitative estimate of drug-likeness (QED) is 0.195. The summed E-state index contributed by atoms with van der Waals surface area (Å²) < 4.78 is 0. The van der Waals surface area contributed by atoms with Gasteiger partial charge in [0.05, 0.1) is 18.5 Å². The highest BCUT2D eigenvalue weighted by molar-refractivity contribution is 5.94. The van der Waals surface area contributed by atoms with Gasteiger partial charge < -0.3 is 15.4 Å². The number of carbonyl (C=O) groups excluding carboxylic acids is 5. The van der Waals surface area contributed by atoms with E-state index in [2.05, 4.69) is 10.6 Å². The van der Waals surface area contributed by atoms with Gasteiger partial charge in [-0.15, -0.1) is 0 Å². The minimum absolute atomic E-state index is 0.0551. The Balaban J connectivity index is 1.49. The van der Waals surface area contributed by atoms with E-state index in [1.54, 1.807) is 0 Å². The maximum Gasteiger partial charge on any atom is 0.225 e. The second kappa shape index (κ2) is 16.8. The summed E-state index contributed by atoms with van der Waals surface area (Å²) in [6, 6.07) is 21.7. The Bertz CT molecular complexity index is 1460. The highest BCUT2D eigenvalue weighted by Crippen LogP contribution is 2.26. The van der Waals surface area contributed by atoms with Crippen LogP contribution in [0.25, 0.3) is 10.8 Å². The van der Waals surface area contributed by atoms with Crippen LogP contribution in [0.1, 0.15) is 76.3 Å². The van der Waals surface area contributed by atoms with Gasteiger partial charge in [0, 0.05) is 31.1 Å². The number of Topliss-reactive ketones (excluding diaryl/α,β-unsaturated/α-hetero) is 2. The summed E-state index contributed by atoms with van der Waals surface area (Å²) in [6.45, 7) is 3.98. The van der Waals surface area contributed by atoms with E-state index in [4.69, 9.17) is 0 Å². The van der Waals surface area contributed by atoms with Gasteiger partial charge in [0.15, 0.2) is 5.78 Å². The lowest BCUT2D eigenvalue weighted by Gasteiger charge is -2.25. The van der Waals surface area contributed by atoms with Gasteiger partial charge in [0.25, 0.3) is 0 Å². The summed E-state index contributed by atoms with van der Waals surface area (Å²) in [5.41, 5.74) is 1.79. The van der Waals surface area contributed by atoms with Crippen LogP contribution in [0.5, 0.6) is 0 Å².